The Morgan fingerprint density at radius 2 is 2.00 bits per heavy atom. The van der Waals surface area contributed by atoms with Gasteiger partial charge in [0, 0.05) is 19.2 Å². The monoisotopic (exact) mass is 139 g/mol. The Labute approximate surface area is 61.5 Å². The van der Waals surface area contributed by atoms with E-state index in [0.29, 0.717) is 6.42 Å². The number of carbonyl (C=O) groups excluding carboxylic acids is 1. The molecule has 0 saturated carbocycles. The zero-order chi connectivity index (χ0) is 7.72. The van der Waals surface area contributed by atoms with E-state index in [1.807, 2.05) is 20.9 Å². The lowest BCUT2D eigenvalue weighted by Crippen LogP contribution is -2.17. The van der Waals surface area contributed by atoms with Crippen molar-refractivity contribution in [1.82, 2.24) is 4.90 Å². The Hall–Kier alpha value is -0.790. The van der Waals surface area contributed by atoms with Crippen molar-refractivity contribution in [2.24, 2.45) is 0 Å². The number of likely N-dealkylation sites (tertiary alicyclic amines) is 1. The second kappa shape index (κ2) is 2.45. The zero-order valence-electron chi connectivity index (χ0n) is 6.77. The lowest BCUT2D eigenvalue weighted by Gasteiger charge is -2.11. The van der Waals surface area contributed by atoms with Crippen LogP contribution in [0.15, 0.2) is 11.3 Å². The predicted molar refractivity (Wildman–Crippen MR) is 40.4 cm³/mol. The first-order valence-corrected chi connectivity index (χ1v) is 3.56. The molecular weight excluding hydrogens is 126 g/mol. The summed E-state index contributed by atoms with van der Waals surface area (Å²) in [6.07, 6.45) is 1.62. The van der Waals surface area contributed by atoms with Crippen LogP contribution in [0.1, 0.15) is 26.7 Å². The Bertz CT molecular complexity index is 189. The van der Waals surface area contributed by atoms with Crippen molar-refractivity contribution in [3.63, 3.8) is 0 Å². The van der Waals surface area contributed by atoms with Gasteiger partial charge in [-0.1, -0.05) is 5.57 Å². The summed E-state index contributed by atoms with van der Waals surface area (Å²) in [7, 11) is 1.84. The van der Waals surface area contributed by atoms with Crippen molar-refractivity contribution in [3.05, 3.63) is 11.3 Å². The summed E-state index contributed by atoms with van der Waals surface area (Å²) in [5.74, 6) is 0.246. The van der Waals surface area contributed by atoms with E-state index < -0.39 is 0 Å². The van der Waals surface area contributed by atoms with E-state index in [4.69, 9.17) is 0 Å². The van der Waals surface area contributed by atoms with Crippen LogP contribution < -0.4 is 0 Å². The van der Waals surface area contributed by atoms with Gasteiger partial charge >= 0.3 is 0 Å². The molecule has 0 aromatic rings. The molecule has 0 unspecified atom stereocenters. The number of amides is 1. The molecule has 56 valence electrons. The zero-order valence-corrected chi connectivity index (χ0v) is 6.77. The topological polar surface area (TPSA) is 20.3 Å². The van der Waals surface area contributed by atoms with Gasteiger partial charge in [0.1, 0.15) is 0 Å². The second-order valence-corrected chi connectivity index (χ2v) is 2.90. The molecule has 0 aliphatic carbocycles. The van der Waals surface area contributed by atoms with Gasteiger partial charge in [0.05, 0.1) is 0 Å². The van der Waals surface area contributed by atoms with Crippen LogP contribution in [0.3, 0.4) is 0 Å². The fraction of sp³-hybridized carbons (Fsp3) is 0.625. The molecule has 2 nitrogen and oxygen atoms in total. The minimum absolute atomic E-state index is 0.246. The van der Waals surface area contributed by atoms with Crippen LogP contribution in [0, 0.1) is 0 Å². The number of hydrogen-bond acceptors (Lipinski definition) is 1. The van der Waals surface area contributed by atoms with E-state index in [-0.39, 0.29) is 5.91 Å². The molecule has 1 saturated heterocycles. The third-order valence-electron chi connectivity index (χ3n) is 1.93. The van der Waals surface area contributed by atoms with Crippen molar-refractivity contribution in [2.75, 3.05) is 7.05 Å². The summed E-state index contributed by atoms with van der Waals surface area (Å²) in [6, 6.07) is 0. The Morgan fingerprint density at radius 1 is 1.40 bits per heavy atom. The quantitative estimate of drug-likeness (QED) is 0.498. The molecule has 0 atom stereocenters. The smallest absolute Gasteiger partial charge is 0.226 e. The molecule has 2 heteroatoms. The van der Waals surface area contributed by atoms with Gasteiger partial charge in [0.25, 0.3) is 0 Å². The molecule has 1 amide bonds. The number of rotatable bonds is 0. The molecule has 10 heavy (non-hydrogen) atoms. The summed E-state index contributed by atoms with van der Waals surface area (Å²) in [5, 5.41) is 0. The predicted octanol–water partition coefficient (Wildman–Crippen LogP) is 1.53. The van der Waals surface area contributed by atoms with E-state index >= 15 is 0 Å². The highest BCUT2D eigenvalue weighted by Crippen LogP contribution is 2.22. The second-order valence-electron chi connectivity index (χ2n) is 2.90. The van der Waals surface area contributed by atoms with E-state index in [1.165, 1.54) is 11.3 Å². The summed E-state index contributed by atoms with van der Waals surface area (Å²) in [6.45, 7) is 4.09. The summed E-state index contributed by atoms with van der Waals surface area (Å²) in [5.41, 5.74) is 2.46. The van der Waals surface area contributed by atoms with E-state index in [1.54, 1.807) is 4.90 Å². The first kappa shape index (κ1) is 7.32. The molecule has 0 radical (unpaired) electrons. The standard InChI is InChI=1S/C8H13NO/c1-6(2)7-4-5-8(10)9(7)3/h4-5H2,1-3H3. The SMILES string of the molecule is CC(C)=C1CCC(=O)N1C. The van der Waals surface area contributed by atoms with Crippen LogP contribution >= 0.6 is 0 Å². The minimum Gasteiger partial charge on any atom is -0.319 e. The van der Waals surface area contributed by atoms with Crippen LogP contribution in [-0.4, -0.2) is 17.9 Å². The molecule has 0 aromatic carbocycles. The first-order chi connectivity index (χ1) is 4.63. The Morgan fingerprint density at radius 3 is 2.20 bits per heavy atom. The van der Waals surface area contributed by atoms with Gasteiger partial charge in [0.15, 0.2) is 0 Å². The van der Waals surface area contributed by atoms with Crippen LogP contribution in [-0.2, 0) is 4.79 Å². The van der Waals surface area contributed by atoms with Gasteiger partial charge in [-0.15, -0.1) is 0 Å². The Kier molecular flexibility index (Phi) is 1.79. The van der Waals surface area contributed by atoms with Crippen LogP contribution in [0.5, 0.6) is 0 Å². The maximum Gasteiger partial charge on any atom is 0.226 e. The summed E-state index contributed by atoms with van der Waals surface area (Å²) in [4.78, 5) is 12.7. The van der Waals surface area contributed by atoms with E-state index in [9.17, 15) is 4.79 Å². The van der Waals surface area contributed by atoms with Gasteiger partial charge in [0.2, 0.25) is 5.91 Å². The average Bonchev–Trinajstić information content (AvgIpc) is 2.14. The minimum atomic E-state index is 0.246. The number of allylic oxidation sites excluding steroid dienone is 2. The van der Waals surface area contributed by atoms with Crippen LogP contribution in [0.4, 0.5) is 0 Å². The van der Waals surface area contributed by atoms with E-state index in [0.717, 1.165) is 6.42 Å². The molecule has 0 aromatic heterocycles. The van der Waals surface area contributed by atoms with Gasteiger partial charge in [-0.2, -0.15) is 0 Å². The van der Waals surface area contributed by atoms with Gasteiger partial charge < -0.3 is 4.90 Å². The van der Waals surface area contributed by atoms with Gasteiger partial charge in [-0.25, -0.2) is 0 Å². The van der Waals surface area contributed by atoms with E-state index in [2.05, 4.69) is 0 Å². The molecule has 1 aliphatic rings. The van der Waals surface area contributed by atoms with Crippen molar-refractivity contribution >= 4 is 5.91 Å². The average molecular weight is 139 g/mol. The maximum absolute atomic E-state index is 11.0. The number of carbonyl (C=O) groups is 1. The van der Waals surface area contributed by atoms with Crippen molar-refractivity contribution in [1.29, 1.82) is 0 Å². The van der Waals surface area contributed by atoms with Gasteiger partial charge in [-0.05, 0) is 20.3 Å². The summed E-state index contributed by atoms with van der Waals surface area (Å²) >= 11 is 0. The third-order valence-corrected chi connectivity index (χ3v) is 1.93. The molecule has 0 N–H and O–H groups in total. The van der Waals surface area contributed by atoms with Crippen molar-refractivity contribution in [3.8, 4) is 0 Å². The number of hydrogen-bond donors (Lipinski definition) is 0. The molecule has 1 fully saturated rings. The highest BCUT2D eigenvalue weighted by molar-refractivity contribution is 5.81. The fourth-order valence-electron chi connectivity index (χ4n) is 1.30. The fourth-order valence-corrected chi connectivity index (χ4v) is 1.30. The van der Waals surface area contributed by atoms with Crippen LogP contribution in [0.2, 0.25) is 0 Å². The van der Waals surface area contributed by atoms with Crippen LogP contribution in [0.25, 0.3) is 0 Å². The van der Waals surface area contributed by atoms with Crippen molar-refractivity contribution in [2.45, 2.75) is 26.7 Å². The van der Waals surface area contributed by atoms with Crippen molar-refractivity contribution < 1.29 is 4.79 Å². The van der Waals surface area contributed by atoms with Gasteiger partial charge in [-0.3, -0.25) is 4.79 Å². The molecular formula is C8H13NO. The maximum atomic E-state index is 11.0. The normalized spacial score (nSPS) is 18.5. The summed E-state index contributed by atoms with van der Waals surface area (Å²) < 4.78 is 0. The lowest BCUT2D eigenvalue weighted by molar-refractivity contribution is -0.125. The molecule has 0 spiro atoms. The molecule has 1 aliphatic heterocycles. The molecule has 0 bridgehead atoms. The Balaban J connectivity index is 2.86. The largest absolute Gasteiger partial charge is 0.319 e. The highest BCUT2D eigenvalue weighted by atomic mass is 16.2. The first-order valence-electron chi connectivity index (χ1n) is 3.56. The highest BCUT2D eigenvalue weighted by Gasteiger charge is 2.21. The molecule has 1 heterocycles. The molecule has 1 rings (SSSR count). The lowest BCUT2D eigenvalue weighted by atomic mass is 10.2. The third kappa shape index (κ3) is 1.06. The number of nitrogens with zero attached hydrogens (tertiary/aromatic N) is 1.